The molecule has 1 aromatic rings. The number of thioether (sulfide) groups is 1. The first-order valence-electron chi connectivity index (χ1n) is 5.20. The summed E-state index contributed by atoms with van der Waals surface area (Å²) in [7, 11) is 3.44. The average Bonchev–Trinajstić information content (AvgIpc) is 2.62. The van der Waals surface area contributed by atoms with Gasteiger partial charge in [0.1, 0.15) is 5.82 Å². The highest BCUT2D eigenvalue weighted by Crippen LogP contribution is 2.29. The molecule has 0 saturated carbocycles. The first kappa shape index (κ1) is 18.5. The lowest BCUT2D eigenvalue weighted by molar-refractivity contribution is -0.129. The van der Waals surface area contributed by atoms with Gasteiger partial charge >= 0.3 is 12.3 Å². The summed E-state index contributed by atoms with van der Waals surface area (Å²) in [5, 5.41) is 11.0. The fraction of sp³-hybridized carbons (Fsp3) is 0.778. The van der Waals surface area contributed by atoms with Crippen molar-refractivity contribution in [2.24, 2.45) is 7.05 Å². The molecule has 1 rings (SSSR count). The van der Waals surface area contributed by atoms with Crippen LogP contribution in [0.4, 0.5) is 17.6 Å². The molecule has 19 heavy (non-hydrogen) atoms. The lowest BCUT2D eigenvalue weighted by Crippen LogP contribution is -2.27. The van der Waals surface area contributed by atoms with Crippen LogP contribution in [0.15, 0.2) is 5.16 Å². The van der Waals surface area contributed by atoms with Crippen LogP contribution in [-0.2, 0) is 13.6 Å². The maximum absolute atomic E-state index is 12.7. The predicted molar refractivity (Wildman–Crippen MR) is 67.3 cm³/mol. The van der Waals surface area contributed by atoms with Crippen LogP contribution in [-0.4, -0.2) is 39.9 Å². The van der Waals surface area contributed by atoms with Crippen LogP contribution >= 0.6 is 24.2 Å². The van der Waals surface area contributed by atoms with Gasteiger partial charge in [0, 0.05) is 19.2 Å². The van der Waals surface area contributed by atoms with Crippen molar-refractivity contribution in [2.75, 3.05) is 12.8 Å². The molecular weight excluding hydrogens is 308 g/mol. The van der Waals surface area contributed by atoms with Crippen molar-refractivity contribution in [1.82, 2.24) is 20.1 Å². The van der Waals surface area contributed by atoms with E-state index in [9.17, 15) is 17.6 Å². The molecule has 4 nitrogen and oxygen atoms in total. The van der Waals surface area contributed by atoms with Gasteiger partial charge in [-0.05, 0) is 7.05 Å². The molecule has 1 N–H and O–H groups in total. The number of aromatic nitrogens is 3. The van der Waals surface area contributed by atoms with Crippen molar-refractivity contribution < 1.29 is 17.6 Å². The number of hydrogen-bond donors (Lipinski definition) is 1. The van der Waals surface area contributed by atoms with Crippen LogP contribution in [0, 0.1) is 0 Å². The minimum atomic E-state index is -3.95. The van der Waals surface area contributed by atoms with Crippen molar-refractivity contribution in [2.45, 2.75) is 30.5 Å². The summed E-state index contributed by atoms with van der Waals surface area (Å²) in [6, 6.07) is 0. The van der Waals surface area contributed by atoms with E-state index in [1.807, 2.05) is 0 Å². The van der Waals surface area contributed by atoms with Gasteiger partial charge in [-0.3, -0.25) is 0 Å². The van der Waals surface area contributed by atoms with Gasteiger partial charge in [-0.1, -0.05) is 11.8 Å². The molecule has 0 bridgehead atoms. The Bertz CT molecular complexity index is 388. The molecule has 112 valence electrons. The normalized spacial score (nSPS) is 11.7. The van der Waals surface area contributed by atoms with E-state index in [0.717, 1.165) is 11.8 Å². The molecule has 0 aliphatic rings. The van der Waals surface area contributed by atoms with E-state index in [-0.39, 0.29) is 18.2 Å². The summed E-state index contributed by atoms with van der Waals surface area (Å²) in [5.41, 5.74) is 0. The Kier molecular flexibility index (Phi) is 7.68. The molecule has 0 radical (unpaired) electrons. The van der Waals surface area contributed by atoms with Gasteiger partial charge in [0.2, 0.25) is 0 Å². The summed E-state index contributed by atoms with van der Waals surface area (Å²) in [6.45, 7) is 0.497. The second kappa shape index (κ2) is 7.91. The van der Waals surface area contributed by atoms with Gasteiger partial charge in [0.25, 0.3) is 0 Å². The molecule has 0 aliphatic heterocycles. The van der Waals surface area contributed by atoms with Crippen molar-refractivity contribution in [3.05, 3.63) is 5.82 Å². The minimum Gasteiger partial charge on any atom is -0.313 e. The topological polar surface area (TPSA) is 42.7 Å². The maximum Gasteiger partial charge on any atom is 0.308 e. The van der Waals surface area contributed by atoms with Crippen molar-refractivity contribution >= 4 is 24.2 Å². The monoisotopic (exact) mass is 322 g/mol. The summed E-state index contributed by atoms with van der Waals surface area (Å²) < 4.78 is 50.8. The number of nitrogens with zero attached hydrogens (tertiary/aromatic N) is 3. The Balaban J connectivity index is 0.00000324. The first-order valence-corrected chi connectivity index (χ1v) is 6.18. The zero-order valence-electron chi connectivity index (χ0n) is 10.4. The minimum absolute atomic E-state index is 0. The smallest absolute Gasteiger partial charge is 0.308 e. The van der Waals surface area contributed by atoms with Gasteiger partial charge in [-0.25, -0.2) is 17.6 Å². The molecule has 0 fully saturated rings. The predicted octanol–water partition coefficient (Wildman–Crippen LogP) is 2.34. The number of alkyl halides is 4. The summed E-state index contributed by atoms with van der Waals surface area (Å²) >= 11 is 0.986. The number of rotatable bonds is 7. The Morgan fingerprint density at radius 3 is 2.53 bits per heavy atom. The molecule has 10 heteroatoms. The molecular formula is C9H15ClF4N4S. The SMILES string of the molecule is CNCc1nnc(SCCC(F)(F)C(F)F)n1C.Cl. The molecule has 0 amide bonds. The Labute approximate surface area is 118 Å². The van der Waals surface area contributed by atoms with Crippen molar-refractivity contribution in [3.8, 4) is 0 Å². The standard InChI is InChI=1S/C9H14F4N4S.ClH/c1-14-5-6-15-16-8(17(6)2)18-4-3-9(12,13)7(10)11;/h7,14H,3-5H2,1-2H3;1H. The van der Waals surface area contributed by atoms with E-state index >= 15 is 0 Å². The molecule has 1 heterocycles. The van der Waals surface area contributed by atoms with E-state index in [2.05, 4.69) is 15.5 Å². The van der Waals surface area contributed by atoms with E-state index in [1.54, 1.807) is 18.7 Å². The van der Waals surface area contributed by atoms with Gasteiger partial charge in [-0.2, -0.15) is 0 Å². The number of hydrogen-bond acceptors (Lipinski definition) is 4. The van der Waals surface area contributed by atoms with Crippen LogP contribution in [0.3, 0.4) is 0 Å². The first-order chi connectivity index (χ1) is 8.38. The highest BCUT2D eigenvalue weighted by Gasteiger charge is 2.39. The number of halogens is 5. The highest BCUT2D eigenvalue weighted by atomic mass is 35.5. The number of nitrogens with one attached hydrogen (secondary N) is 1. The maximum atomic E-state index is 12.7. The molecule has 0 unspecified atom stereocenters. The van der Waals surface area contributed by atoms with Crippen LogP contribution < -0.4 is 5.32 Å². The van der Waals surface area contributed by atoms with Gasteiger partial charge in [0.15, 0.2) is 5.16 Å². The molecule has 0 atom stereocenters. The van der Waals surface area contributed by atoms with Crippen LogP contribution in [0.1, 0.15) is 12.2 Å². The van der Waals surface area contributed by atoms with E-state index in [4.69, 9.17) is 0 Å². The van der Waals surface area contributed by atoms with Crippen LogP contribution in [0.2, 0.25) is 0 Å². The Morgan fingerprint density at radius 1 is 1.37 bits per heavy atom. The summed E-state index contributed by atoms with van der Waals surface area (Å²) in [4.78, 5) is 0. The highest BCUT2D eigenvalue weighted by molar-refractivity contribution is 7.99. The molecule has 0 saturated heterocycles. The zero-order chi connectivity index (χ0) is 13.8. The Morgan fingerprint density at radius 2 is 2.00 bits per heavy atom. The molecule has 0 aromatic carbocycles. The Hall–Kier alpha value is -0.540. The van der Waals surface area contributed by atoms with E-state index in [0.29, 0.717) is 17.5 Å². The van der Waals surface area contributed by atoms with Crippen LogP contribution in [0.5, 0.6) is 0 Å². The van der Waals surface area contributed by atoms with Gasteiger partial charge < -0.3 is 9.88 Å². The average molecular weight is 323 g/mol. The second-order valence-electron chi connectivity index (χ2n) is 3.65. The lowest BCUT2D eigenvalue weighted by atomic mass is 10.3. The third-order valence-corrected chi connectivity index (χ3v) is 3.27. The third-order valence-electron chi connectivity index (χ3n) is 2.25. The van der Waals surface area contributed by atoms with Gasteiger partial charge in [-0.15, -0.1) is 22.6 Å². The van der Waals surface area contributed by atoms with Crippen LogP contribution in [0.25, 0.3) is 0 Å². The fourth-order valence-electron chi connectivity index (χ4n) is 1.17. The van der Waals surface area contributed by atoms with Crippen molar-refractivity contribution in [1.29, 1.82) is 0 Å². The van der Waals surface area contributed by atoms with Gasteiger partial charge in [0.05, 0.1) is 6.54 Å². The fourth-order valence-corrected chi connectivity index (χ4v) is 2.12. The van der Waals surface area contributed by atoms with E-state index in [1.165, 1.54) is 0 Å². The summed E-state index contributed by atoms with van der Waals surface area (Å²) in [5.74, 6) is -3.43. The zero-order valence-corrected chi connectivity index (χ0v) is 12.0. The van der Waals surface area contributed by atoms with E-state index < -0.39 is 18.8 Å². The largest absolute Gasteiger partial charge is 0.313 e. The lowest BCUT2D eigenvalue weighted by Gasteiger charge is -2.14. The van der Waals surface area contributed by atoms with Crippen molar-refractivity contribution in [3.63, 3.8) is 0 Å². The molecule has 1 aromatic heterocycles. The summed E-state index contributed by atoms with van der Waals surface area (Å²) in [6.07, 6.45) is -4.51. The molecule has 0 spiro atoms. The second-order valence-corrected chi connectivity index (χ2v) is 4.71. The quantitative estimate of drug-likeness (QED) is 0.618. The third kappa shape index (κ3) is 5.15. The molecule has 0 aliphatic carbocycles.